The third-order valence-corrected chi connectivity index (χ3v) is 5.63. The molecule has 1 N–H and O–H groups in total. The Hall–Kier alpha value is -1.54. The summed E-state index contributed by atoms with van der Waals surface area (Å²) in [5, 5.41) is 12.6. The van der Waals surface area contributed by atoms with Crippen molar-refractivity contribution >= 4 is 0 Å². The van der Waals surface area contributed by atoms with Crippen LogP contribution in [0.3, 0.4) is 0 Å². The highest BCUT2D eigenvalue weighted by Crippen LogP contribution is 2.45. The molecule has 1 fully saturated rings. The summed E-state index contributed by atoms with van der Waals surface area (Å²) >= 11 is 0. The van der Waals surface area contributed by atoms with Crippen LogP contribution in [0.5, 0.6) is 0 Å². The number of nitriles is 1. The Morgan fingerprint density at radius 3 is 2.44 bits per heavy atom. The first-order valence-corrected chi connectivity index (χ1v) is 8.99. The van der Waals surface area contributed by atoms with E-state index in [-0.39, 0.29) is 5.41 Å². The first kappa shape index (κ1) is 19.8. The van der Waals surface area contributed by atoms with Gasteiger partial charge in [0.05, 0.1) is 12.5 Å². The standard InChI is InChI=1S/C20H27F3N2/c1-15(2)19(10-11-24)8-6-18(7-9-19)25-14-17-5-3-4-16(12-17)13-20(21,22)23/h3-5,12,15,18,25H,6-10,13-14H2,1-2H3/t18-,19-. The van der Waals surface area contributed by atoms with Gasteiger partial charge < -0.3 is 5.32 Å². The molecular weight excluding hydrogens is 325 g/mol. The van der Waals surface area contributed by atoms with Crippen molar-refractivity contribution in [3.05, 3.63) is 35.4 Å². The minimum atomic E-state index is -4.17. The van der Waals surface area contributed by atoms with Crippen LogP contribution >= 0.6 is 0 Å². The fourth-order valence-corrected chi connectivity index (χ4v) is 3.86. The maximum Gasteiger partial charge on any atom is 0.393 e. The molecule has 0 saturated heterocycles. The summed E-state index contributed by atoms with van der Waals surface area (Å²) in [7, 11) is 0. The molecule has 1 aromatic rings. The molecule has 0 bridgehead atoms. The Kier molecular flexibility index (Phi) is 6.51. The van der Waals surface area contributed by atoms with Gasteiger partial charge in [-0.05, 0) is 48.1 Å². The van der Waals surface area contributed by atoms with Gasteiger partial charge >= 0.3 is 6.18 Å². The van der Waals surface area contributed by atoms with Gasteiger partial charge in [0, 0.05) is 19.0 Å². The molecule has 2 rings (SSSR count). The molecule has 1 aliphatic rings. The van der Waals surface area contributed by atoms with E-state index < -0.39 is 12.6 Å². The fourth-order valence-electron chi connectivity index (χ4n) is 3.86. The van der Waals surface area contributed by atoms with E-state index in [0.717, 1.165) is 31.2 Å². The van der Waals surface area contributed by atoms with Crippen molar-refractivity contribution in [1.82, 2.24) is 5.32 Å². The highest BCUT2D eigenvalue weighted by Gasteiger charge is 2.37. The molecule has 0 atom stereocenters. The van der Waals surface area contributed by atoms with Crippen molar-refractivity contribution < 1.29 is 13.2 Å². The normalized spacial score (nSPS) is 24.3. The van der Waals surface area contributed by atoms with E-state index in [0.29, 0.717) is 30.5 Å². The van der Waals surface area contributed by atoms with Gasteiger partial charge in [0.2, 0.25) is 0 Å². The Morgan fingerprint density at radius 1 is 1.24 bits per heavy atom. The molecule has 0 spiro atoms. The third kappa shape index (κ3) is 5.74. The van der Waals surface area contributed by atoms with E-state index in [4.69, 9.17) is 5.26 Å². The van der Waals surface area contributed by atoms with Gasteiger partial charge in [0.15, 0.2) is 0 Å². The van der Waals surface area contributed by atoms with Gasteiger partial charge in [-0.15, -0.1) is 0 Å². The Morgan fingerprint density at radius 2 is 1.88 bits per heavy atom. The molecule has 138 valence electrons. The SMILES string of the molecule is CC(C)[C@]1(CC#N)CC[C@@H](NCc2cccc(CC(F)(F)F)c2)CC1. The molecule has 25 heavy (non-hydrogen) atoms. The molecule has 0 aliphatic heterocycles. The van der Waals surface area contributed by atoms with Crippen LogP contribution in [0.1, 0.15) is 57.1 Å². The lowest BCUT2D eigenvalue weighted by molar-refractivity contribution is -0.127. The molecule has 0 heterocycles. The first-order chi connectivity index (χ1) is 11.7. The second kappa shape index (κ2) is 8.23. The fraction of sp³-hybridized carbons (Fsp3) is 0.650. The van der Waals surface area contributed by atoms with Crippen LogP contribution in [0.25, 0.3) is 0 Å². The molecule has 0 radical (unpaired) electrons. The Labute approximate surface area is 148 Å². The van der Waals surface area contributed by atoms with Crippen LogP contribution in [0.4, 0.5) is 13.2 Å². The second-order valence-electron chi connectivity index (χ2n) is 7.62. The van der Waals surface area contributed by atoms with Crippen LogP contribution < -0.4 is 5.32 Å². The largest absolute Gasteiger partial charge is 0.393 e. The summed E-state index contributed by atoms with van der Waals surface area (Å²) in [6.45, 7) is 4.97. The lowest BCUT2D eigenvalue weighted by Crippen LogP contribution is -2.39. The highest BCUT2D eigenvalue weighted by molar-refractivity contribution is 5.24. The zero-order valence-corrected chi connectivity index (χ0v) is 15.0. The van der Waals surface area contributed by atoms with Crippen LogP contribution in [-0.4, -0.2) is 12.2 Å². The van der Waals surface area contributed by atoms with Crippen molar-refractivity contribution in [2.24, 2.45) is 11.3 Å². The molecule has 2 nitrogen and oxygen atoms in total. The van der Waals surface area contributed by atoms with E-state index in [9.17, 15) is 13.2 Å². The summed E-state index contributed by atoms with van der Waals surface area (Å²) in [5.74, 6) is 0.493. The van der Waals surface area contributed by atoms with Crippen LogP contribution in [0.2, 0.25) is 0 Å². The number of nitrogens with zero attached hydrogens (tertiary/aromatic N) is 1. The molecule has 0 aromatic heterocycles. The van der Waals surface area contributed by atoms with Gasteiger partial charge in [-0.3, -0.25) is 0 Å². The average Bonchev–Trinajstić information content (AvgIpc) is 2.53. The zero-order valence-electron chi connectivity index (χ0n) is 15.0. The third-order valence-electron chi connectivity index (χ3n) is 5.63. The number of rotatable bonds is 6. The second-order valence-corrected chi connectivity index (χ2v) is 7.62. The number of halogens is 3. The van der Waals surface area contributed by atoms with E-state index in [1.54, 1.807) is 12.1 Å². The maximum atomic E-state index is 12.5. The van der Waals surface area contributed by atoms with E-state index >= 15 is 0 Å². The summed E-state index contributed by atoms with van der Waals surface area (Å²) in [5.41, 5.74) is 1.32. The monoisotopic (exact) mass is 352 g/mol. The van der Waals surface area contributed by atoms with Crippen LogP contribution in [-0.2, 0) is 13.0 Å². The van der Waals surface area contributed by atoms with Gasteiger partial charge in [-0.25, -0.2) is 0 Å². The summed E-state index contributed by atoms with van der Waals surface area (Å²) in [4.78, 5) is 0. The van der Waals surface area contributed by atoms with Crippen molar-refractivity contribution in [3.63, 3.8) is 0 Å². The molecular formula is C20H27F3N2. The zero-order chi connectivity index (χ0) is 18.5. The van der Waals surface area contributed by atoms with E-state index in [2.05, 4.69) is 25.2 Å². The lowest BCUT2D eigenvalue weighted by atomic mass is 9.64. The highest BCUT2D eigenvalue weighted by atomic mass is 19.4. The predicted molar refractivity (Wildman–Crippen MR) is 92.8 cm³/mol. The Balaban J connectivity index is 1.87. The smallest absolute Gasteiger partial charge is 0.310 e. The quantitative estimate of drug-likeness (QED) is 0.746. The van der Waals surface area contributed by atoms with Crippen molar-refractivity contribution in [1.29, 1.82) is 5.26 Å². The number of benzene rings is 1. The minimum absolute atomic E-state index is 0.125. The van der Waals surface area contributed by atoms with E-state index in [1.807, 2.05) is 6.07 Å². The number of alkyl halides is 3. The predicted octanol–water partition coefficient (Wildman–Crippen LogP) is 5.38. The molecule has 1 aromatic carbocycles. The topological polar surface area (TPSA) is 35.8 Å². The van der Waals surface area contributed by atoms with E-state index in [1.165, 1.54) is 6.07 Å². The Bertz CT molecular complexity index is 594. The van der Waals surface area contributed by atoms with Gasteiger partial charge in [0.25, 0.3) is 0 Å². The van der Waals surface area contributed by atoms with Crippen molar-refractivity contribution in [3.8, 4) is 6.07 Å². The van der Waals surface area contributed by atoms with Gasteiger partial charge in [-0.1, -0.05) is 38.1 Å². The van der Waals surface area contributed by atoms with Gasteiger partial charge in [-0.2, -0.15) is 18.4 Å². The van der Waals surface area contributed by atoms with Crippen molar-refractivity contribution in [2.45, 2.75) is 71.1 Å². The number of hydrogen-bond donors (Lipinski definition) is 1. The maximum absolute atomic E-state index is 12.5. The summed E-state index contributed by atoms with van der Waals surface area (Å²) < 4.78 is 37.5. The molecule has 1 aliphatic carbocycles. The lowest BCUT2D eigenvalue weighted by Gasteiger charge is -2.42. The number of hydrogen-bond acceptors (Lipinski definition) is 2. The van der Waals surface area contributed by atoms with Crippen LogP contribution in [0.15, 0.2) is 24.3 Å². The summed E-state index contributed by atoms with van der Waals surface area (Å²) in [6.07, 6.45) is -0.346. The number of nitrogens with one attached hydrogen (secondary N) is 1. The summed E-state index contributed by atoms with van der Waals surface area (Å²) in [6, 6.07) is 9.43. The van der Waals surface area contributed by atoms with Crippen LogP contribution in [0, 0.1) is 22.7 Å². The average molecular weight is 352 g/mol. The molecule has 0 amide bonds. The first-order valence-electron chi connectivity index (χ1n) is 8.99. The van der Waals surface area contributed by atoms with Crippen molar-refractivity contribution in [2.75, 3.05) is 0 Å². The molecule has 5 heteroatoms. The minimum Gasteiger partial charge on any atom is -0.310 e. The molecule has 0 unspecified atom stereocenters. The van der Waals surface area contributed by atoms with Gasteiger partial charge in [0.1, 0.15) is 0 Å². The molecule has 1 saturated carbocycles.